The highest BCUT2D eigenvalue weighted by molar-refractivity contribution is 6.21. The third-order valence-corrected chi connectivity index (χ3v) is 5.61. The molecule has 0 radical (unpaired) electrons. The SMILES string of the molecule is O=C(CC[C@@H]1NC(=O)N(c2ccccc2)C1=O)NCC[C@@H](c1ccc(F)cc1)c1ccco1. The topological polar surface area (TPSA) is 91.7 Å². The highest BCUT2D eigenvalue weighted by Gasteiger charge is 2.38. The Hall–Kier alpha value is -3.94. The van der Waals surface area contributed by atoms with Crippen LogP contribution in [-0.2, 0) is 9.59 Å². The number of halogens is 1. The van der Waals surface area contributed by atoms with Crippen molar-refractivity contribution in [1.82, 2.24) is 10.6 Å². The molecule has 1 aliphatic rings. The van der Waals surface area contributed by atoms with E-state index in [1.54, 1.807) is 54.8 Å². The fourth-order valence-electron chi connectivity index (χ4n) is 3.93. The van der Waals surface area contributed by atoms with Crippen LogP contribution >= 0.6 is 0 Å². The number of hydrogen-bond donors (Lipinski definition) is 2. The second-order valence-corrected chi connectivity index (χ2v) is 7.81. The Bertz CT molecular complexity index is 1100. The third-order valence-electron chi connectivity index (χ3n) is 5.61. The monoisotopic (exact) mass is 449 g/mol. The number of urea groups is 1. The van der Waals surface area contributed by atoms with Crippen LogP contribution in [0.1, 0.15) is 36.5 Å². The molecule has 8 heteroatoms. The van der Waals surface area contributed by atoms with Gasteiger partial charge in [0.15, 0.2) is 0 Å². The van der Waals surface area contributed by atoms with Crippen LogP contribution in [-0.4, -0.2) is 30.4 Å². The molecule has 4 rings (SSSR count). The van der Waals surface area contributed by atoms with Gasteiger partial charge in [-0.2, -0.15) is 0 Å². The summed E-state index contributed by atoms with van der Waals surface area (Å²) in [4.78, 5) is 38.3. The van der Waals surface area contributed by atoms with Crippen molar-refractivity contribution in [3.8, 4) is 0 Å². The number of furan rings is 1. The van der Waals surface area contributed by atoms with E-state index >= 15 is 0 Å². The lowest BCUT2D eigenvalue weighted by Gasteiger charge is -2.16. The van der Waals surface area contributed by atoms with Gasteiger partial charge in [-0.3, -0.25) is 9.59 Å². The number of carbonyl (C=O) groups excluding carboxylic acids is 3. The average Bonchev–Trinajstić information content (AvgIpc) is 3.44. The van der Waals surface area contributed by atoms with E-state index in [0.29, 0.717) is 18.7 Å². The summed E-state index contributed by atoms with van der Waals surface area (Å²) in [7, 11) is 0. The van der Waals surface area contributed by atoms with Gasteiger partial charge in [0.1, 0.15) is 17.6 Å². The maximum absolute atomic E-state index is 13.3. The van der Waals surface area contributed by atoms with Gasteiger partial charge < -0.3 is 15.1 Å². The van der Waals surface area contributed by atoms with Gasteiger partial charge >= 0.3 is 6.03 Å². The Kier molecular flexibility index (Phi) is 6.83. The van der Waals surface area contributed by atoms with Crippen LogP contribution in [0.25, 0.3) is 0 Å². The first-order valence-electron chi connectivity index (χ1n) is 10.8. The maximum Gasteiger partial charge on any atom is 0.329 e. The van der Waals surface area contributed by atoms with Crippen molar-refractivity contribution in [2.24, 2.45) is 0 Å². The highest BCUT2D eigenvalue weighted by atomic mass is 19.1. The van der Waals surface area contributed by atoms with E-state index < -0.39 is 12.1 Å². The quantitative estimate of drug-likeness (QED) is 0.484. The summed E-state index contributed by atoms with van der Waals surface area (Å²) in [5.41, 5.74) is 1.39. The first-order valence-corrected chi connectivity index (χ1v) is 10.8. The van der Waals surface area contributed by atoms with Crippen molar-refractivity contribution in [3.63, 3.8) is 0 Å². The number of nitrogens with one attached hydrogen (secondary N) is 2. The summed E-state index contributed by atoms with van der Waals surface area (Å²) in [5, 5.41) is 5.50. The molecule has 2 heterocycles. The van der Waals surface area contributed by atoms with Gasteiger partial charge in [0, 0.05) is 18.9 Å². The molecule has 2 atom stereocenters. The minimum Gasteiger partial charge on any atom is -0.469 e. The number of anilines is 1. The van der Waals surface area contributed by atoms with Gasteiger partial charge in [-0.25, -0.2) is 14.1 Å². The molecule has 1 aliphatic heterocycles. The Balaban J connectivity index is 1.28. The largest absolute Gasteiger partial charge is 0.469 e. The standard InChI is InChI=1S/C25H24FN3O4/c26-18-10-8-17(9-11-18)20(22-7-4-16-33-22)14-15-27-23(30)13-12-21-24(31)29(25(32)28-21)19-5-2-1-3-6-19/h1-11,16,20-21H,12-15H2,(H,27,30)(H,28,32)/t20-,21-/m0/s1. The molecule has 0 saturated carbocycles. The number of amides is 4. The molecule has 33 heavy (non-hydrogen) atoms. The van der Waals surface area contributed by atoms with E-state index in [1.807, 2.05) is 6.07 Å². The number of hydrogen-bond acceptors (Lipinski definition) is 4. The zero-order valence-electron chi connectivity index (χ0n) is 17.9. The molecule has 1 aromatic heterocycles. The summed E-state index contributed by atoms with van der Waals surface area (Å²) in [6, 6.07) is 17.3. The van der Waals surface area contributed by atoms with Gasteiger partial charge in [0.25, 0.3) is 5.91 Å². The number of nitrogens with zero attached hydrogens (tertiary/aromatic N) is 1. The number of para-hydroxylation sites is 1. The Labute approximate surface area is 190 Å². The zero-order valence-corrected chi connectivity index (χ0v) is 17.9. The van der Waals surface area contributed by atoms with Gasteiger partial charge in [-0.05, 0) is 54.8 Å². The van der Waals surface area contributed by atoms with Gasteiger partial charge in [0.05, 0.1) is 12.0 Å². The molecular formula is C25H24FN3O4. The number of benzene rings is 2. The van der Waals surface area contributed by atoms with Gasteiger partial charge in [-0.1, -0.05) is 30.3 Å². The first-order chi connectivity index (χ1) is 16.0. The fourth-order valence-corrected chi connectivity index (χ4v) is 3.93. The number of imide groups is 1. The molecule has 2 aromatic carbocycles. The van der Waals surface area contributed by atoms with Crippen LogP contribution in [0.5, 0.6) is 0 Å². The van der Waals surface area contributed by atoms with Crippen LogP contribution < -0.4 is 15.5 Å². The molecule has 170 valence electrons. The normalized spacial score (nSPS) is 16.5. The molecule has 0 bridgehead atoms. The molecule has 0 unspecified atom stereocenters. The summed E-state index contributed by atoms with van der Waals surface area (Å²) >= 11 is 0. The average molecular weight is 449 g/mol. The van der Waals surface area contributed by atoms with Crippen LogP contribution in [0.3, 0.4) is 0 Å². The van der Waals surface area contributed by atoms with Crippen molar-refractivity contribution >= 4 is 23.5 Å². The van der Waals surface area contributed by atoms with Gasteiger partial charge in [0.2, 0.25) is 5.91 Å². The molecule has 0 spiro atoms. The summed E-state index contributed by atoms with van der Waals surface area (Å²) in [6.45, 7) is 0.378. The van der Waals surface area contributed by atoms with E-state index in [4.69, 9.17) is 4.42 Å². The zero-order chi connectivity index (χ0) is 23.2. The van der Waals surface area contributed by atoms with E-state index in [2.05, 4.69) is 10.6 Å². The van der Waals surface area contributed by atoms with Crippen molar-refractivity contribution in [2.75, 3.05) is 11.4 Å². The van der Waals surface area contributed by atoms with Crippen LogP contribution in [0, 0.1) is 5.82 Å². The first kappa shape index (κ1) is 22.3. The predicted octanol–water partition coefficient (Wildman–Crippen LogP) is 3.96. The van der Waals surface area contributed by atoms with E-state index in [9.17, 15) is 18.8 Å². The Morgan fingerprint density at radius 1 is 1.06 bits per heavy atom. The third kappa shape index (κ3) is 5.28. The fraction of sp³-hybridized carbons (Fsp3) is 0.240. The molecule has 3 aromatic rings. The van der Waals surface area contributed by atoms with Crippen molar-refractivity contribution < 1.29 is 23.2 Å². The lowest BCUT2D eigenvalue weighted by atomic mass is 9.93. The van der Waals surface area contributed by atoms with Gasteiger partial charge in [-0.15, -0.1) is 0 Å². The Morgan fingerprint density at radius 3 is 2.52 bits per heavy atom. The molecule has 2 N–H and O–H groups in total. The van der Waals surface area contributed by atoms with E-state index in [-0.39, 0.29) is 36.4 Å². The van der Waals surface area contributed by atoms with Crippen LogP contribution in [0.15, 0.2) is 77.4 Å². The number of carbonyl (C=O) groups is 3. The summed E-state index contributed by atoms with van der Waals surface area (Å²) < 4.78 is 18.8. The second-order valence-electron chi connectivity index (χ2n) is 7.81. The lowest BCUT2D eigenvalue weighted by molar-refractivity contribution is -0.121. The van der Waals surface area contributed by atoms with Crippen molar-refractivity contribution in [1.29, 1.82) is 0 Å². The molecule has 0 aliphatic carbocycles. The molecule has 1 saturated heterocycles. The second kappa shape index (κ2) is 10.1. The van der Waals surface area contributed by atoms with Crippen molar-refractivity contribution in [3.05, 3.63) is 90.1 Å². The highest BCUT2D eigenvalue weighted by Crippen LogP contribution is 2.28. The lowest BCUT2D eigenvalue weighted by Crippen LogP contribution is -2.33. The minimum absolute atomic E-state index is 0.0985. The van der Waals surface area contributed by atoms with E-state index in [1.165, 1.54) is 12.1 Å². The van der Waals surface area contributed by atoms with Crippen LogP contribution in [0.2, 0.25) is 0 Å². The maximum atomic E-state index is 13.3. The molecule has 1 fully saturated rings. The summed E-state index contributed by atoms with van der Waals surface area (Å²) in [5.74, 6) is -0.294. The molecule has 4 amide bonds. The number of rotatable bonds is 9. The smallest absolute Gasteiger partial charge is 0.329 e. The van der Waals surface area contributed by atoms with Crippen LogP contribution in [0.4, 0.5) is 14.9 Å². The predicted molar refractivity (Wildman–Crippen MR) is 120 cm³/mol. The summed E-state index contributed by atoms with van der Waals surface area (Å²) in [6.07, 6.45) is 2.45. The van der Waals surface area contributed by atoms with Crippen molar-refractivity contribution in [2.45, 2.75) is 31.2 Å². The molecule has 7 nitrogen and oxygen atoms in total. The Morgan fingerprint density at radius 2 is 1.82 bits per heavy atom. The minimum atomic E-state index is -0.737. The molecular weight excluding hydrogens is 425 g/mol. The van der Waals surface area contributed by atoms with E-state index in [0.717, 1.165) is 16.2 Å².